The fourth-order valence-corrected chi connectivity index (χ4v) is 2.52. The number of aromatic nitrogens is 1. The number of rotatable bonds is 4. The van der Waals surface area contributed by atoms with Gasteiger partial charge in [-0.05, 0) is 32.9 Å². The number of anilines is 1. The van der Waals surface area contributed by atoms with E-state index in [1.807, 2.05) is 20.8 Å². The summed E-state index contributed by atoms with van der Waals surface area (Å²) in [6, 6.07) is 4.59. The van der Waals surface area contributed by atoms with E-state index in [1.165, 1.54) is 6.07 Å². The van der Waals surface area contributed by atoms with Crippen molar-refractivity contribution in [3.63, 3.8) is 0 Å². The van der Waals surface area contributed by atoms with Crippen molar-refractivity contribution in [1.29, 1.82) is 0 Å². The van der Waals surface area contributed by atoms with Crippen LogP contribution in [0.25, 0.3) is 0 Å². The first-order chi connectivity index (χ1) is 9.41. The van der Waals surface area contributed by atoms with Gasteiger partial charge in [-0.25, -0.2) is 4.39 Å². The van der Waals surface area contributed by atoms with E-state index in [9.17, 15) is 4.39 Å². The van der Waals surface area contributed by atoms with Crippen LogP contribution in [0.15, 0.2) is 22.7 Å². The van der Waals surface area contributed by atoms with Gasteiger partial charge < -0.3 is 15.6 Å². The Kier molecular flexibility index (Phi) is 4.04. The van der Waals surface area contributed by atoms with Gasteiger partial charge in [0.15, 0.2) is 0 Å². The first kappa shape index (κ1) is 14.5. The van der Waals surface area contributed by atoms with Gasteiger partial charge in [0.05, 0.1) is 17.3 Å². The van der Waals surface area contributed by atoms with Crippen LogP contribution in [0.2, 0.25) is 0 Å². The van der Waals surface area contributed by atoms with Gasteiger partial charge in [-0.1, -0.05) is 23.4 Å². The Morgan fingerprint density at radius 2 is 2.15 bits per heavy atom. The number of nitrogens with one attached hydrogen (secondary N) is 1. The van der Waals surface area contributed by atoms with E-state index in [4.69, 9.17) is 22.5 Å². The maximum atomic E-state index is 13.8. The van der Waals surface area contributed by atoms with E-state index in [1.54, 1.807) is 12.1 Å². The fourth-order valence-electron chi connectivity index (χ4n) is 2.31. The second-order valence-electron chi connectivity index (χ2n) is 4.63. The van der Waals surface area contributed by atoms with Crippen molar-refractivity contribution in [1.82, 2.24) is 5.16 Å². The van der Waals surface area contributed by atoms with Crippen LogP contribution < -0.4 is 11.1 Å². The van der Waals surface area contributed by atoms with Gasteiger partial charge in [-0.3, -0.25) is 0 Å². The van der Waals surface area contributed by atoms with Crippen molar-refractivity contribution >= 4 is 22.9 Å². The van der Waals surface area contributed by atoms with Crippen molar-refractivity contribution in [2.24, 2.45) is 5.73 Å². The lowest BCUT2D eigenvalue weighted by molar-refractivity contribution is 0.392. The molecule has 0 spiro atoms. The second-order valence-corrected chi connectivity index (χ2v) is 5.07. The third-order valence-electron chi connectivity index (χ3n) is 3.15. The minimum atomic E-state index is -0.437. The van der Waals surface area contributed by atoms with Crippen molar-refractivity contribution in [3.05, 3.63) is 46.6 Å². The number of hydrogen-bond acceptors (Lipinski definition) is 4. The van der Waals surface area contributed by atoms with Gasteiger partial charge in [0.25, 0.3) is 0 Å². The monoisotopic (exact) mass is 293 g/mol. The van der Waals surface area contributed by atoms with Crippen LogP contribution in [0, 0.1) is 19.7 Å². The molecule has 1 heterocycles. The van der Waals surface area contributed by atoms with Crippen LogP contribution >= 0.6 is 12.2 Å². The molecular formula is C14H16FN3OS. The molecule has 1 aromatic carbocycles. The number of thiocarbonyl (C=S) groups is 1. The summed E-state index contributed by atoms with van der Waals surface area (Å²) in [5.74, 6) is 0.296. The molecule has 106 valence electrons. The van der Waals surface area contributed by atoms with Gasteiger partial charge in [-0.15, -0.1) is 0 Å². The van der Waals surface area contributed by atoms with Crippen molar-refractivity contribution in [3.8, 4) is 0 Å². The van der Waals surface area contributed by atoms with Crippen LogP contribution in [-0.2, 0) is 0 Å². The molecule has 0 fully saturated rings. The summed E-state index contributed by atoms with van der Waals surface area (Å²) in [6.45, 7) is 5.65. The molecule has 2 rings (SSSR count). The van der Waals surface area contributed by atoms with Crippen molar-refractivity contribution in [2.45, 2.75) is 26.8 Å². The maximum Gasteiger partial charge on any atom is 0.139 e. The van der Waals surface area contributed by atoms with Crippen LogP contribution in [0.3, 0.4) is 0 Å². The molecule has 3 N–H and O–H groups in total. The Morgan fingerprint density at radius 1 is 1.45 bits per heavy atom. The number of hydrogen-bond donors (Lipinski definition) is 2. The number of nitrogens with two attached hydrogens (primary N) is 1. The zero-order valence-corrected chi connectivity index (χ0v) is 12.3. The SMILES string of the molecule is Cc1noc(C)c1C(C)Nc1cccc(F)c1C(N)=S. The summed E-state index contributed by atoms with van der Waals surface area (Å²) in [6.07, 6.45) is 0. The molecule has 1 unspecified atom stereocenters. The average Bonchev–Trinajstić information content (AvgIpc) is 2.68. The quantitative estimate of drug-likeness (QED) is 0.847. The van der Waals surface area contributed by atoms with Gasteiger partial charge >= 0.3 is 0 Å². The molecule has 4 nitrogen and oxygen atoms in total. The van der Waals surface area contributed by atoms with Gasteiger partial charge in [-0.2, -0.15) is 0 Å². The maximum absolute atomic E-state index is 13.8. The molecule has 0 radical (unpaired) electrons. The van der Waals surface area contributed by atoms with Gasteiger partial charge in [0.2, 0.25) is 0 Å². The molecule has 0 amide bonds. The predicted octanol–water partition coefficient (Wildman–Crippen LogP) is 3.24. The normalized spacial score (nSPS) is 12.2. The molecule has 0 aliphatic rings. The van der Waals surface area contributed by atoms with Crippen molar-refractivity contribution < 1.29 is 8.91 Å². The van der Waals surface area contributed by atoms with E-state index in [0.29, 0.717) is 5.69 Å². The summed E-state index contributed by atoms with van der Waals surface area (Å²) >= 11 is 4.91. The number of nitrogens with zero attached hydrogens (tertiary/aromatic N) is 1. The number of aryl methyl sites for hydroxylation is 2. The molecule has 1 atom stereocenters. The van der Waals surface area contributed by atoms with E-state index >= 15 is 0 Å². The van der Waals surface area contributed by atoms with E-state index in [-0.39, 0.29) is 16.6 Å². The summed E-state index contributed by atoms with van der Waals surface area (Å²) in [7, 11) is 0. The third-order valence-corrected chi connectivity index (χ3v) is 3.36. The van der Waals surface area contributed by atoms with Crippen LogP contribution in [0.5, 0.6) is 0 Å². The molecule has 6 heteroatoms. The summed E-state index contributed by atoms with van der Waals surface area (Å²) in [5, 5.41) is 7.12. The Morgan fingerprint density at radius 3 is 2.70 bits per heavy atom. The zero-order chi connectivity index (χ0) is 14.9. The molecular weight excluding hydrogens is 277 g/mol. The minimum Gasteiger partial charge on any atom is -0.389 e. The van der Waals surface area contributed by atoms with Gasteiger partial charge in [0, 0.05) is 11.3 Å². The largest absolute Gasteiger partial charge is 0.389 e. The Balaban J connectivity index is 2.36. The summed E-state index contributed by atoms with van der Waals surface area (Å²) < 4.78 is 19.0. The average molecular weight is 293 g/mol. The highest BCUT2D eigenvalue weighted by Crippen LogP contribution is 2.27. The lowest BCUT2D eigenvalue weighted by Gasteiger charge is -2.18. The lowest BCUT2D eigenvalue weighted by Crippen LogP contribution is -2.17. The third kappa shape index (κ3) is 2.65. The number of halogens is 1. The molecule has 0 saturated heterocycles. The Labute approximate surface area is 122 Å². The minimum absolute atomic E-state index is 0.0246. The highest BCUT2D eigenvalue weighted by atomic mass is 32.1. The molecule has 0 bridgehead atoms. The van der Waals surface area contributed by atoms with Crippen molar-refractivity contribution in [2.75, 3.05) is 5.32 Å². The lowest BCUT2D eigenvalue weighted by atomic mass is 10.1. The highest BCUT2D eigenvalue weighted by Gasteiger charge is 2.19. The second kappa shape index (κ2) is 5.58. The zero-order valence-electron chi connectivity index (χ0n) is 11.5. The molecule has 0 aliphatic carbocycles. The van der Waals surface area contributed by atoms with E-state index in [0.717, 1.165) is 17.0 Å². The Bertz CT molecular complexity index is 634. The molecule has 0 saturated carbocycles. The summed E-state index contributed by atoms with van der Waals surface area (Å²) in [5.41, 5.74) is 8.12. The molecule has 0 aliphatic heterocycles. The summed E-state index contributed by atoms with van der Waals surface area (Å²) in [4.78, 5) is 0.0246. The van der Waals surface area contributed by atoms with Crippen LogP contribution in [-0.4, -0.2) is 10.1 Å². The van der Waals surface area contributed by atoms with E-state index < -0.39 is 5.82 Å². The Hall–Kier alpha value is -1.95. The topological polar surface area (TPSA) is 64.1 Å². The fraction of sp³-hybridized carbons (Fsp3) is 0.286. The molecule has 20 heavy (non-hydrogen) atoms. The van der Waals surface area contributed by atoms with Crippen LogP contribution in [0.4, 0.5) is 10.1 Å². The van der Waals surface area contributed by atoms with E-state index in [2.05, 4.69) is 10.5 Å². The predicted molar refractivity (Wildman–Crippen MR) is 80.3 cm³/mol. The standard InChI is InChI=1S/C14H16FN3OS/c1-7(12-8(2)18-19-9(12)3)17-11-6-4-5-10(15)13(11)14(16)20/h4-7,17H,1-3H3,(H2,16,20). The smallest absolute Gasteiger partial charge is 0.139 e. The number of benzene rings is 1. The molecule has 2 aromatic rings. The van der Waals surface area contributed by atoms with Crippen LogP contribution in [0.1, 0.15) is 35.5 Å². The highest BCUT2D eigenvalue weighted by molar-refractivity contribution is 7.80. The first-order valence-electron chi connectivity index (χ1n) is 6.19. The van der Waals surface area contributed by atoms with Gasteiger partial charge in [0.1, 0.15) is 16.6 Å². The molecule has 1 aromatic heterocycles. The first-order valence-corrected chi connectivity index (χ1v) is 6.60.